The Kier molecular flexibility index (Phi) is 5.62. The fraction of sp³-hybridized carbons (Fsp3) is 0.875. The van der Waals surface area contributed by atoms with Gasteiger partial charge in [-0.1, -0.05) is 6.42 Å². The van der Waals surface area contributed by atoms with E-state index < -0.39 is 0 Å². The number of carbonyl (C=O) groups excluding carboxylic acids is 2. The summed E-state index contributed by atoms with van der Waals surface area (Å²) in [5.41, 5.74) is 0. The first-order valence-corrected chi connectivity index (χ1v) is 8.24. The first kappa shape index (κ1) is 16.3. The molecule has 0 aromatic rings. The van der Waals surface area contributed by atoms with Crippen LogP contribution in [0.2, 0.25) is 0 Å². The van der Waals surface area contributed by atoms with Crippen LogP contribution in [-0.4, -0.2) is 60.0 Å². The maximum Gasteiger partial charge on any atom is 0.320 e. The molecular formula is C16H28N2O3. The summed E-state index contributed by atoms with van der Waals surface area (Å²) in [6, 6.07) is 0.152. The fourth-order valence-corrected chi connectivity index (χ4v) is 3.50. The van der Waals surface area contributed by atoms with E-state index in [4.69, 9.17) is 4.74 Å². The number of ketones is 1. The molecular weight excluding hydrogens is 268 g/mol. The summed E-state index contributed by atoms with van der Waals surface area (Å²) >= 11 is 0. The molecule has 5 heteroatoms. The largest absolute Gasteiger partial charge is 0.377 e. The summed E-state index contributed by atoms with van der Waals surface area (Å²) < 4.78 is 5.57. The highest BCUT2D eigenvalue weighted by molar-refractivity contribution is 5.83. The third kappa shape index (κ3) is 3.57. The lowest BCUT2D eigenvalue weighted by atomic mass is 9.82. The average Bonchev–Trinajstić information content (AvgIpc) is 2.48. The van der Waals surface area contributed by atoms with Crippen LogP contribution in [0.5, 0.6) is 0 Å². The molecule has 0 radical (unpaired) electrons. The van der Waals surface area contributed by atoms with Gasteiger partial charge in [-0.2, -0.15) is 0 Å². The smallest absolute Gasteiger partial charge is 0.320 e. The quantitative estimate of drug-likeness (QED) is 0.803. The van der Waals surface area contributed by atoms with Crippen LogP contribution in [0.1, 0.15) is 46.5 Å². The Bertz CT molecular complexity index is 384. The molecule has 120 valence electrons. The third-order valence-electron chi connectivity index (χ3n) is 4.69. The molecule has 5 nitrogen and oxygen atoms in total. The van der Waals surface area contributed by atoms with Gasteiger partial charge in [0, 0.05) is 31.5 Å². The topological polar surface area (TPSA) is 49.9 Å². The van der Waals surface area contributed by atoms with Crippen molar-refractivity contribution in [3.8, 4) is 0 Å². The molecule has 2 atom stereocenters. The van der Waals surface area contributed by atoms with Crippen LogP contribution in [-0.2, 0) is 9.53 Å². The van der Waals surface area contributed by atoms with Gasteiger partial charge in [-0.05, 0) is 33.6 Å². The van der Waals surface area contributed by atoms with E-state index in [-0.39, 0.29) is 24.0 Å². The van der Waals surface area contributed by atoms with Crippen LogP contribution in [0.3, 0.4) is 0 Å². The number of hydrogen-bond donors (Lipinski definition) is 0. The van der Waals surface area contributed by atoms with E-state index in [0.29, 0.717) is 38.5 Å². The van der Waals surface area contributed by atoms with Gasteiger partial charge in [0.05, 0.1) is 19.3 Å². The fourth-order valence-electron chi connectivity index (χ4n) is 3.50. The number of Topliss-reactive ketones (excluding diaryl/α,β-unsaturated/α-hetero) is 1. The summed E-state index contributed by atoms with van der Waals surface area (Å²) in [7, 11) is 0. The van der Waals surface area contributed by atoms with Gasteiger partial charge in [-0.15, -0.1) is 0 Å². The van der Waals surface area contributed by atoms with Crippen molar-refractivity contribution < 1.29 is 14.3 Å². The highest BCUT2D eigenvalue weighted by atomic mass is 16.5. The molecule has 0 unspecified atom stereocenters. The molecule has 0 spiro atoms. The Labute approximate surface area is 127 Å². The standard InChI is InChI=1S/C16H28N2O3/c1-4-17(12(2)3)16(20)18-9-10-21-11-14(18)13-7-5-6-8-15(13)19/h12-14H,4-11H2,1-3H3/t13-,14+/m1/s1. The summed E-state index contributed by atoms with van der Waals surface area (Å²) in [6.07, 6.45) is 3.62. The molecule has 21 heavy (non-hydrogen) atoms. The molecule has 1 aliphatic heterocycles. The molecule has 2 amide bonds. The number of nitrogens with zero attached hydrogens (tertiary/aromatic N) is 2. The molecule has 1 saturated carbocycles. The van der Waals surface area contributed by atoms with E-state index in [1.54, 1.807) is 0 Å². The molecule has 0 aromatic heterocycles. The van der Waals surface area contributed by atoms with Gasteiger partial charge in [-0.3, -0.25) is 4.79 Å². The van der Waals surface area contributed by atoms with Gasteiger partial charge < -0.3 is 14.5 Å². The lowest BCUT2D eigenvalue weighted by Gasteiger charge is -2.43. The lowest BCUT2D eigenvalue weighted by molar-refractivity contribution is -0.129. The van der Waals surface area contributed by atoms with Crippen molar-refractivity contribution in [1.82, 2.24) is 9.80 Å². The number of ether oxygens (including phenoxy) is 1. The highest BCUT2D eigenvalue weighted by Gasteiger charge is 2.39. The first-order valence-electron chi connectivity index (χ1n) is 8.24. The Morgan fingerprint density at radius 1 is 1.43 bits per heavy atom. The molecule has 1 heterocycles. The van der Waals surface area contributed by atoms with Crippen molar-refractivity contribution >= 4 is 11.8 Å². The molecule has 2 fully saturated rings. The zero-order valence-electron chi connectivity index (χ0n) is 13.5. The van der Waals surface area contributed by atoms with Crippen LogP contribution in [0.15, 0.2) is 0 Å². The summed E-state index contributed by atoms with van der Waals surface area (Å²) in [4.78, 5) is 28.8. The Morgan fingerprint density at radius 2 is 2.19 bits per heavy atom. The number of amides is 2. The van der Waals surface area contributed by atoms with Gasteiger partial charge >= 0.3 is 6.03 Å². The average molecular weight is 296 g/mol. The Balaban J connectivity index is 2.14. The van der Waals surface area contributed by atoms with Crippen LogP contribution in [0.4, 0.5) is 4.79 Å². The number of urea groups is 1. The lowest BCUT2D eigenvalue weighted by Crippen LogP contribution is -2.58. The van der Waals surface area contributed by atoms with E-state index in [9.17, 15) is 9.59 Å². The zero-order chi connectivity index (χ0) is 15.4. The number of morpholine rings is 1. The minimum atomic E-state index is -0.0770. The zero-order valence-corrected chi connectivity index (χ0v) is 13.5. The molecule has 2 rings (SSSR count). The molecule has 2 aliphatic rings. The molecule has 1 aliphatic carbocycles. The van der Waals surface area contributed by atoms with Crippen LogP contribution >= 0.6 is 0 Å². The van der Waals surface area contributed by atoms with Crippen LogP contribution in [0.25, 0.3) is 0 Å². The number of rotatable bonds is 3. The third-order valence-corrected chi connectivity index (χ3v) is 4.69. The van der Waals surface area contributed by atoms with Gasteiger partial charge in [0.25, 0.3) is 0 Å². The SMILES string of the molecule is CCN(C(=O)N1CCOC[C@H]1[C@H]1CCCCC1=O)C(C)C. The van der Waals surface area contributed by atoms with E-state index >= 15 is 0 Å². The predicted molar refractivity (Wildman–Crippen MR) is 81.2 cm³/mol. The second-order valence-electron chi connectivity index (χ2n) is 6.32. The monoisotopic (exact) mass is 296 g/mol. The van der Waals surface area contributed by atoms with Gasteiger partial charge in [0.1, 0.15) is 5.78 Å². The molecule has 0 aromatic carbocycles. The maximum atomic E-state index is 12.8. The first-order chi connectivity index (χ1) is 10.1. The van der Waals surface area contributed by atoms with Crippen molar-refractivity contribution in [3.63, 3.8) is 0 Å². The van der Waals surface area contributed by atoms with Gasteiger partial charge in [0.2, 0.25) is 0 Å². The second kappa shape index (κ2) is 7.25. The normalized spacial score (nSPS) is 27.0. The minimum absolute atomic E-state index is 0.0335. The highest BCUT2D eigenvalue weighted by Crippen LogP contribution is 2.28. The van der Waals surface area contributed by atoms with E-state index in [1.807, 2.05) is 30.6 Å². The van der Waals surface area contributed by atoms with Crippen LogP contribution < -0.4 is 0 Å². The van der Waals surface area contributed by atoms with Crippen molar-refractivity contribution in [3.05, 3.63) is 0 Å². The van der Waals surface area contributed by atoms with E-state index in [1.165, 1.54) is 0 Å². The van der Waals surface area contributed by atoms with Crippen molar-refractivity contribution in [1.29, 1.82) is 0 Å². The minimum Gasteiger partial charge on any atom is -0.377 e. The molecule has 0 N–H and O–H groups in total. The second-order valence-corrected chi connectivity index (χ2v) is 6.32. The summed E-state index contributed by atoms with van der Waals surface area (Å²) in [5, 5.41) is 0. The maximum absolute atomic E-state index is 12.8. The van der Waals surface area contributed by atoms with E-state index in [0.717, 1.165) is 19.3 Å². The van der Waals surface area contributed by atoms with E-state index in [2.05, 4.69) is 0 Å². The molecule has 0 bridgehead atoms. The van der Waals surface area contributed by atoms with Crippen LogP contribution in [0, 0.1) is 5.92 Å². The Hall–Kier alpha value is -1.10. The predicted octanol–water partition coefficient (Wildman–Crippen LogP) is 2.30. The molecule has 1 saturated heterocycles. The van der Waals surface area contributed by atoms with Gasteiger partial charge in [0.15, 0.2) is 0 Å². The summed E-state index contributed by atoms with van der Waals surface area (Å²) in [6.45, 7) is 8.41. The van der Waals surface area contributed by atoms with Crippen molar-refractivity contribution in [2.24, 2.45) is 5.92 Å². The van der Waals surface area contributed by atoms with Crippen molar-refractivity contribution in [2.75, 3.05) is 26.3 Å². The van der Waals surface area contributed by atoms with Gasteiger partial charge in [-0.25, -0.2) is 4.79 Å². The number of hydrogen-bond acceptors (Lipinski definition) is 3. The Morgan fingerprint density at radius 3 is 2.81 bits per heavy atom. The number of carbonyl (C=O) groups is 2. The van der Waals surface area contributed by atoms with Crippen molar-refractivity contribution in [2.45, 2.75) is 58.5 Å². The summed E-state index contributed by atoms with van der Waals surface area (Å²) in [5.74, 6) is 0.274.